The van der Waals surface area contributed by atoms with Crippen molar-refractivity contribution in [3.8, 4) is 5.75 Å². The summed E-state index contributed by atoms with van der Waals surface area (Å²) in [7, 11) is 1.56. The monoisotopic (exact) mass is 349 g/mol. The molecule has 0 spiro atoms. The number of aromatic nitrogens is 4. The van der Waals surface area contributed by atoms with Crippen LogP contribution < -0.4 is 15.6 Å². The maximum Gasteiger partial charge on any atom is 0.278 e. The van der Waals surface area contributed by atoms with Crippen LogP contribution in [0.3, 0.4) is 0 Å². The second-order valence-corrected chi connectivity index (χ2v) is 5.86. The van der Waals surface area contributed by atoms with E-state index in [1.54, 1.807) is 31.4 Å². The highest BCUT2D eigenvalue weighted by Gasteiger charge is 2.19. The molecule has 0 fully saturated rings. The number of nitrogens with one attached hydrogen (secondary N) is 2. The molecule has 8 heteroatoms. The number of fused-ring (bicyclic) bond motifs is 3. The van der Waals surface area contributed by atoms with Gasteiger partial charge in [0, 0.05) is 5.69 Å². The number of carbonyl (C=O) groups is 1. The second kappa shape index (κ2) is 5.99. The van der Waals surface area contributed by atoms with Crippen LogP contribution in [0.4, 0.5) is 5.69 Å². The summed E-state index contributed by atoms with van der Waals surface area (Å²) in [5.74, 6) is 0.164. The van der Waals surface area contributed by atoms with Crippen molar-refractivity contribution in [2.75, 3.05) is 12.4 Å². The first-order chi connectivity index (χ1) is 12.6. The molecule has 0 saturated heterocycles. The third-order valence-corrected chi connectivity index (χ3v) is 4.08. The van der Waals surface area contributed by atoms with Gasteiger partial charge in [-0.2, -0.15) is 0 Å². The molecular formula is C18H15N5O3. The Kier molecular flexibility index (Phi) is 3.65. The molecule has 2 N–H and O–H groups in total. The van der Waals surface area contributed by atoms with Crippen molar-refractivity contribution in [3.63, 3.8) is 0 Å². The van der Waals surface area contributed by atoms with E-state index in [1.165, 1.54) is 4.52 Å². The maximum atomic E-state index is 12.6. The Morgan fingerprint density at radius 1 is 1.19 bits per heavy atom. The van der Waals surface area contributed by atoms with Gasteiger partial charge in [-0.05, 0) is 48.9 Å². The average Bonchev–Trinajstić information content (AvgIpc) is 3.08. The average molecular weight is 349 g/mol. The largest absolute Gasteiger partial charge is 0.497 e. The number of rotatable bonds is 3. The van der Waals surface area contributed by atoms with Gasteiger partial charge in [0.05, 0.1) is 18.1 Å². The number of hydrogen-bond acceptors (Lipinski definition) is 5. The Labute approximate surface area is 147 Å². The number of amides is 1. The van der Waals surface area contributed by atoms with Crippen LogP contribution in [0.2, 0.25) is 0 Å². The number of benzene rings is 2. The third-order valence-electron chi connectivity index (χ3n) is 4.08. The van der Waals surface area contributed by atoms with Gasteiger partial charge >= 0.3 is 0 Å². The lowest BCUT2D eigenvalue weighted by Crippen LogP contribution is -2.18. The molecule has 0 atom stereocenters. The first kappa shape index (κ1) is 15.8. The molecule has 0 aliphatic heterocycles. The zero-order chi connectivity index (χ0) is 18.3. The highest BCUT2D eigenvalue weighted by atomic mass is 16.5. The van der Waals surface area contributed by atoms with Crippen molar-refractivity contribution >= 4 is 28.1 Å². The van der Waals surface area contributed by atoms with Gasteiger partial charge in [0.15, 0.2) is 11.2 Å². The van der Waals surface area contributed by atoms with Crippen molar-refractivity contribution in [1.82, 2.24) is 19.8 Å². The fourth-order valence-corrected chi connectivity index (χ4v) is 2.79. The number of hydrogen-bond donors (Lipinski definition) is 2. The van der Waals surface area contributed by atoms with E-state index in [0.29, 0.717) is 22.5 Å². The lowest BCUT2D eigenvalue weighted by atomic mass is 10.2. The summed E-state index contributed by atoms with van der Waals surface area (Å²) in [5.41, 5.74) is 2.51. The van der Waals surface area contributed by atoms with E-state index in [2.05, 4.69) is 20.6 Å². The zero-order valence-corrected chi connectivity index (χ0v) is 14.1. The summed E-state index contributed by atoms with van der Waals surface area (Å²) >= 11 is 0. The Bertz CT molecular complexity index is 1190. The summed E-state index contributed by atoms with van der Waals surface area (Å²) in [5, 5.41) is 10.6. The Morgan fingerprint density at radius 2 is 1.96 bits per heavy atom. The lowest BCUT2D eigenvalue weighted by Gasteiger charge is -2.05. The van der Waals surface area contributed by atoms with E-state index in [9.17, 15) is 9.59 Å². The topological polar surface area (TPSA) is 101 Å². The van der Waals surface area contributed by atoms with Crippen LogP contribution in [-0.2, 0) is 0 Å². The van der Waals surface area contributed by atoms with E-state index in [-0.39, 0.29) is 11.2 Å². The number of aryl methyl sites for hydroxylation is 1. The third kappa shape index (κ3) is 2.57. The molecule has 0 aliphatic rings. The molecule has 0 radical (unpaired) electrons. The molecule has 0 bridgehead atoms. The molecule has 0 aliphatic carbocycles. The van der Waals surface area contributed by atoms with E-state index in [4.69, 9.17) is 4.74 Å². The van der Waals surface area contributed by atoms with Crippen molar-refractivity contribution in [2.45, 2.75) is 6.92 Å². The summed E-state index contributed by atoms with van der Waals surface area (Å²) in [6.07, 6.45) is 0. The van der Waals surface area contributed by atoms with Crippen LogP contribution in [0.1, 0.15) is 16.1 Å². The van der Waals surface area contributed by atoms with Gasteiger partial charge in [-0.25, -0.2) is 4.52 Å². The fraction of sp³-hybridized carbons (Fsp3) is 0.111. The van der Waals surface area contributed by atoms with Gasteiger partial charge < -0.3 is 15.0 Å². The van der Waals surface area contributed by atoms with Gasteiger partial charge in [-0.1, -0.05) is 11.3 Å². The minimum atomic E-state index is -0.512. The number of H-pyrrole nitrogens is 1. The van der Waals surface area contributed by atoms with Crippen molar-refractivity contribution in [2.24, 2.45) is 0 Å². The summed E-state index contributed by atoms with van der Waals surface area (Å²) in [6, 6.07) is 12.4. The van der Waals surface area contributed by atoms with E-state index < -0.39 is 11.5 Å². The maximum absolute atomic E-state index is 12.6. The molecule has 1 amide bonds. The molecular weight excluding hydrogens is 334 g/mol. The molecule has 26 heavy (non-hydrogen) atoms. The van der Waals surface area contributed by atoms with Gasteiger partial charge in [0.2, 0.25) is 0 Å². The van der Waals surface area contributed by atoms with Gasteiger partial charge in [-0.3, -0.25) is 9.59 Å². The molecule has 4 aromatic rings. The minimum absolute atomic E-state index is 0.0375. The van der Waals surface area contributed by atoms with Gasteiger partial charge in [0.1, 0.15) is 5.75 Å². The quantitative estimate of drug-likeness (QED) is 0.590. The number of nitrogens with zero attached hydrogens (tertiary/aromatic N) is 3. The first-order valence-corrected chi connectivity index (χ1v) is 7.90. The van der Waals surface area contributed by atoms with Crippen molar-refractivity contribution in [3.05, 3.63) is 64.1 Å². The standard InChI is InChI=1S/C18H15N5O3/c1-10-3-8-14-13(9-10)20-18(25)16-15(21-22-23(14)16)17(24)19-11-4-6-12(26-2)7-5-11/h3-9H,1-2H3,(H,19,24)(H,20,25). The molecule has 4 rings (SSSR count). The van der Waals surface area contributed by atoms with Gasteiger partial charge in [-0.15, -0.1) is 5.10 Å². The van der Waals surface area contributed by atoms with Crippen molar-refractivity contribution < 1.29 is 9.53 Å². The predicted octanol–water partition coefficient (Wildman–Crippen LogP) is 2.14. The summed E-state index contributed by atoms with van der Waals surface area (Å²) < 4.78 is 6.47. The smallest absolute Gasteiger partial charge is 0.278 e. The van der Waals surface area contributed by atoms with E-state index >= 15 is 0 Å². The number of carbonyl (C=O) groups excluding carboxylic acids is 1. The zero-order valence-electron chi connectivity index (χ0n) is 14.1. The Morgan fingerprint density at radius 3 is 2.69 bits per heavy atom. The van der Waals surface area contributed by atoms with Crippen molar-refractivity contribution in [1.29, 1.82) is 0 Å². The van der Waals surface area contributed by atoms with Gasteiger partial charge in [0.25, 0.3) is 11.5 Å². The van der Waals surface area contributed by atoms with Crippen LogP contribution >= 0.6 is 0 Å². The predicted molar refractivity (Wildman–Crippen MR) is 96.8 cm³/mol. The molecule has 130 valence electrons. The fourth-order valence-electron chi connectivity index (χ4n) is 2.79. The number of aromatic amines is 1. The Balaban J connectivity index is 1.77. The molecule has 8 nitrogen and oxygen atoms in total. The number of methoxy groups -OCH3 is 1. The van der Waals surface area contributed by atoms with E-state index in [0.717, 1.165) is 5.56 Å². The lowest BCUT2D eigenvalue weighted by molar-refractivity contribution is 0.102. The Hall–Kier alpha value is -3.68. The molecule has 0 saturated carbocycles. The van der Waals surface area contributed by atoms with Crippen LogP contribution in [0, 0.1) is 6.92 Å². The summed E-state index contributed by atoms with van der Waals surface area (Å²) in [4.78, 5) is 27.8. The highest BCUT2D eigenvalue weighted by Crippen LogP contribution is 2.18. The second-order valence-electron chi connectivity index (χ2n) is 5.86. The SMILES string of the molecule is COc1ccc(NC(=O)c2nnn3c2c(=O)[nH]c2cc(C)ccc23)cc1. The first-order valence-electron chi connectivity index (χ1n) is 7.90. The van der Waals surface area contributed by atoms with Crippen LogP contribution in [0.5, 0.6) is 5.75 Å². The number of ether oxygens (including phenoxy) is 1. The molecule has 0 unspecified atom stereocenters. The van der Waals surface area contributed by atoms with Crippen LogP contribution in [-0.4, -0.2) is 32.8 Å². The summed E-state index contributed by atoms with van der Waals surface area (Å²) in [6.45, 7) is 1.93. The number of anilines is 1. The van der Waals surface area contributed by atoms with Crippen LogP contribution in [0.15, 0.2) is 47.3 Å². The highest BCUT2D eigenvalue weighted by molar-refractivity contribution is 6.07. The van der Waals surface area contributed by atoms with Crippen LogP contribution in [0.25, 0.3) is 16.6 Å². The molecule has 2 heterocycles. The molecule has 2 aromatic heterocycles. The minimum Gasteiger partial charge on any atom is -0.497 e. The van der Waals surface area contributed by atoms with E-state index in [1.807, 2.05) is 25.1 Å². The normalized spacial score (nSPS) is 11.0. The molecule has 2 aromatic carbocycles.